The zero-order valence-corrected chi connectivity index (χ0v) is 13.7. The maximum absolute atomic E-state index is 14.0. The molecule has 0 radical (unpaired) electrons. The van der Waals surface area contributed by atoms with Crippen LogP contribution in [0.3, 0.4) is 0 Å². The number of carbonyl (C=O) groups is 1. The smallest absolute Gasteiger partial charge is 0.336 e. The minimum atomic E-state index is -1.08. The van der Waals surface area contributed by atoms with E-state index < -0.39 is 11.8 Å². The number of hydrogen-bond donors (Lipinski definition) is 1. The summed E-state index contributed by atoms with van der Waals surface area (Å²) in [5.74, 6) is -1.52. The molecule has 2 aromatic carbocycles. The zero-order chi connectivity index (χ0) is 17.4. The summed E-state index contributed by atoms with van der Waals surface area (Å²) in [6.07, 6.45) is 0. The molecule has 0 bridgehead atoms. The van der Waals surface area contributed by atoms with E-state index in [4.69, 9.17) is 16.3 Å². The Bertz CT molecular complexity index is 972. The van der Waals surface area contributed by atoms with Crippen molar-refractivity contribution >= 4 is 28.5 Å². The molecule has 1 heterocycles. The lowest BCUT2D eigenvalue weighted by Gasteiger charge is -2.11. The monoisotopic (exact) mass is 345 g/mol. The third-order valence-electron chi connectivity index (χ3n) is 3.85. The van der Waals surface area contributed by atoms with Gasteiger partial charge < -0.3 is 9.84 Å². The van der Waals surface area contributed by atoms with Crippen molar-refractivity contribution in [2.45, 2.75) is 6.92 Å². The van der Waals surface area contributed by atoms with Crippen LogP contribution >= 0.6 is 11.6 Å². The molecule has 24 heavy (non-hydrogen) atoms. The van der Waals surface area contributed by atoms with Gasteiger partial charge in [-0.3, -0.25) is 0 Å². The van der Waals surface area contributed by atoms with Crippen LogP contribution in [0.1, 0.15) is 15.9 Å². The predicted molar refractivity (Wildman–Crippen MR) is 90.4 cm³/mol. The van der Waals surface area contributed by atoms with Crippen LogP contribution in [-0.2, 0) is 0 Å². The van der Waals surface area contributed by atoms with E-state index >= 15 is 0 Å². The Morgan fingerprint density at radius 2 is 2.00 bits per heavy atom. The maximum atomic E-state index is 14.0. The number of benzene rings is 2. The fraction of sp³-hybridized carbons (Fsp3) is 0.111. The van der Waals surface area contributed by atoms with Crippen LogP contribution < -0.4 is 4.74 Å². The summed E-state index contributed by atoms with van der Waals surface area (Å²) in [6.45, 7) is 1.77. The first-order valence-electron chi connectivity index (χ1n) is 7.09. The molecule has 0 aliphatic heterocycles. The lowest BCUT2D eigenvalue weighted by Crippen LogP contribution is -2.01. The van der Waals surface area contributed by atoms with E-state index in [1.165, 1.54) is 25.3 Å². The van der Waals surface area contributed by atoms with Crippen LogP contribution in [0.2, 0.25) is 5.02 Å². The minimum Gasteiger partial charge on any atom is -0.494 e. The lowest BCUT2D eigenvalue weighted by molar-refractivity contribution is 0.0699. The Balaban J connectivity index is 2.31. The molecular formula is C18H13ClFNO3. The van der Waals surface area contributed by atoms with Gasteiger partial charge in [-0.1, -0.05) is 17.7 Å². The molecule has 122 valence electrons. The van der Waals surface area contributed by atoms with Gasteiger partial charge in [0.15, 0.2) is 11.6 Å². The number of nitrogens with zero attached hydrogens (tertiary/aromatic N) is 1. The van der Waals surface area contributed by atoms with Crippen molar-refractivity contribution in [3.8, 4) is 17.0 Å². The topological polar surface area (TPSA) is 59.4 Å². The summed E-state index contributed by atoms with van der Waals surface area (Å²) >= 11 is 6.12. The van der Waals surface area contributed by atoms with Gasteiger partial charge in [-0.15, -0.1) is 0 Å². The highest BCUT2D eigenvalue weighted by Crippen LogP contribution is 2.31. The number of carboxylic acid groups (broad SMARTS) is 1. The largest absolute Gasteiger partial charge is 0.494 e. The number of aryl methyl sites for hydroxylation is 1. The number of halogens is 2. The molecular weight excluding hydrogens is 333 g/mol. The molecule has 0 unspecified atom stereocenters. The highest BCUT2D eigenvalue weighted by Gasteiger charge is 2.16. The number of carboxylic acids is 1. The molecule has 0 spiro atoms. The van der Waals surface area contributed by atoms with Gasteiger partial charge in [0, 0.05) is 16.0 Å². The first-order chi connectivity index (χ1) is 11.4. The number of pyridine rings is 1. The Labute approximate surface area is 142 Å². The molecule has 0 fully saturated rings. The van der Waals surface area contributed by atoms with Gasteiger partial charge in [0.1, 0.15) is 0 Å². The van der Waals surface area contributed by atoms with Crippen LogP contribution in [0.25, 0.3) is 22.2 Å². The summed E-state index contributed by atoms with van der Waals surface area (Å²) in [7, 11) is 1.38. The number of ether oxygens (including phenoxy) is 1. The average Bonchev–Trinajstić information content (AvgIpc) is 2.57. The summed E-state index contributed by atoms with van der Waals surface area (Å²) in [5, 5.41) is 10.5. The second kappa shape index (κ2) is 6.09. The van der Waals surface area contributed by atoms with Crippen molar-refractivity contribution in [3.63, 3.8) is 0 Å². The molecule has 0 atom stereocenters. The van der Waals surface area contributed by atoms with Crippen molar-refractivity contribution < 1.29 is 19.0 Å². The Hall–Kier alpha value is -2.66. The molecule has 0 aliphatic carbocycles. The first-order valence-corrected chi connectivity index (χ1v) is 7.47. The Morgan fingerprint density at radius 3 is 2.62 bits per heavy atom. The predicted octanol–water partition coefficient (Wildman–Crippen LogP) is 4.71. The number of fused-ring (bicyclic) bond motifs is 1. The van der Waals surface area contributed by atoms with E-state index in [9.17, 15) is 14.3 Å². The highest BCUT2D eigenvalue weighted by atomic mass is 35.5. The molecule has 3 rings (SSSR count). The van der Waals surface area contributed by atoms with Crippen molar-refractivity contribution in [3.05, 3.63) is 58.4 Å². The molecule has 0 amide bonds. The van der Waals surface area contributed by atoms with E-state index in [1.54, 1.807) is 25.1 Å². The van der Waals surface area contributed by atoms with Crippen LogP contribution in [-0.4, -0.2) is 23.2 Å². The first kappa shape index (κ1) is 16.2. The van der Waals surface area contributed by atoms with Crippen molar-refractivity contribution in [1.29, 1.82) is 0 Å². The Morgan fingerprint density at radius 1 is 1.25 bits per heavy atom. The third-order valence-corrected chi connectivity index (χ3v) is 4.26. The second-order valence-corrected chi connectivity index (χ2v) is 5.69. The number of hydrogen-bond acceptors (Lipinski definition) is 3. The summed E-state index contributed by atoms with van der Waals surface area (Å²) < 4.78 is 18.9. The normalized spacial score (nSPS) is 10.8. The number of aromatic carboxylic acids is 1. The molecule has 0 saturated carbocycles. The molecule has 0 aliphatic rings. The average molecular weight is 346 g/mol. The molecule has 0 saturated heterocycles. The van der Waals surface area contributed by atoms with Gasteiger partial charge in [0.25, 0.3) is 0 Å². The van der Waals surface area contributed by atoms with E-state index in [-0.39, 0.29) is 11.3 Å². The number of aromatic nitrogens is 1. The van der Waals surface area contributed by atoms with Crippen LogP contribution in [0.15, 0.2) is 36.4 Å². The highest BCUT2D eigenvalue weighted by molar-refractivity contribution is 6.32. The second-order valence-electron chi connectivity index (χ2n) is 5.28. The van der Waals surface area contributed by atoms with Crippen molar-refractivity contribution in [1.82, 2.24) is 4.98 Å². The van der Waals surface area contributed by atoms with Gasteiger partial charge in [-0.2, -0.15) is 0 Å². The lowest BCUT2D eigenvalue weighted by atomic mass is 10.0. The van der Waals surface area contributed by atoms with Crippen molar-refractivity contribution in [2.75, 3.05) is 7.11 Å². The maximum Gasteiger partial charge on any atom is 0.336 e. The SMILES string of the molecule is COc1ccc(-c2cc(C(=O)O)c3ccc(Cl)c(C)c3n2)cc1F. The molecule has 1 N–H and O–H groups in total. The fourth-order valence-corrected chi connectivity index (χ4v) is 2.71. The minimum absolute atomic E-state index is 0.0889. The van der Waals surface area contributed by atoms with E-state index in [1.807, 2.05) is 0 Å². The van der Waals surface area contributed by atoms with Gasteiger partial charge in [0.2, 0.25) is 0 Å². The van der Waals surface area contributed by atoms with Gasteiger partial charge in [0.05, 0.1) is 23.9 Å². The van der Waals surface area contributed by atoms with E-state index in [2.05, 4.69) is 4.98 Å². The zero-order valence-electron chi connectivity index (χ0n) is 12.9. The number of rotatable bonds is 3. The quantitative estimate of drug-likeness (QED) is 0.746. The Kier molecular flexibility index (Phi) is 4.11. The molecule has 4 nitrogen and oxygen atoms in total. The van der Waals surface area contributed by atoms with Crippen LogP contribution in [0.4, 0.5) is 4.39 Å². The van der Waals surface area contributed by atoms with Gasteiger partial charge >= 0.3 is 5.97 Å². The fourth-order valence-electron chi connectivity index (χ4n) is 2.55. The van der Waals surface area contributed by atoms with Gasteiger partial charge in [-0.25, -0.2) is 14.2 Å². The van der Waals surface area contributed by atoms with E-state index in [0.29, 0.717) is 32.7 Å². The molecule has 3 aromatic rings. The van der Waals surface area contributed by atoms with E-state index in [0.717, 1.165) is 0 Å². The summed E-state index contributed by atoms with van der Waals surface area (Å²) in [4.78, 5) is 16.1. The standard InChI is InChI=1S/C18H13ClFNO3/c1-9-13(19)5-4-11-12(18(22)23)8-15(21-17(9)11)10-3-6-16(24-2)14(20)7-10/h3-8H,1-2H3,(H,22,23). The van der Waals surface area contributed by atoms with Crippen LogP contribution in [0, 0.1) is 12.7 Å². The molecule has 6 heteroatoms. The van der Waals surface area contributed by atoms with Crippen molar-refractivity contribution in [2.24, 2.45) is 0 Å². The number of methoxy groups -OCH3 is 1. The van der Waals surface area contributed by atoms with Crippen LogP contribution in [0.5, 0.6) is 5.75 Å². The summed E-state index contributed by atoms with van der Waals surface area (Å²) in [6, 6.07) is 9.06. The van der Waals surface area contributed by atoms with Gasteiger partial charge in [-0.05, 0) is 42.8 Å². The summed E-state index contributed by atoms with van der Waals surface area (Å²) in [5.41, 5.74) is 2.05. The molecule has 1 aromatic heterocycles. The third kappa shape index (κ3) is 2.67.